The number of ether oxygens (including phenoxy) is 1. The molecule has 0 radical (unpaired) electrons. The number of benzene rings is 2. The number of carbonyl (C=O) groups excluding carboxylic acids is 2. The highest BCUT2D eigenvalue weighted by Gasteiger charge is 2.15. The molecule has 1 N–H and O–H groups in total. The highest BCUT2D eigenvalue weighted by Crippen LogP contribution is 2.19. The molecule has 178 valence electrons. The average Bonchev–Trinajstić information content (AvgIpc) is 3.34. The van der Waals surface area contributed by atoms with Gasteiger partial charge in [0.05, 0.1) is 26.3 Å². The Bertz CT molecular complexity index is 1080. The Balaban J connectivity index is 1.18. The first-order valence-corrected chi connectivity index (χ1v) is 11.4. The Morgan fingerprint density at radius 3 is 2.53 bits per heavy atom. The van der Waals surface area contributed by atoms with Gasteiger partial charge in [0, 0.05) is 43.5 Å². The molecule has 0 unspecified atom stereocenters. The molecule has 0 saturated carbocycles. The van der Waals surface area contributed by atoms with Crippen LogP contribution in [-0.4, -0.2) is 76.8 Å². The number of tetrazole rings is 1. The number of aromatic nitrogens is 4. The summed E-state index contributed by atoms with van der Waals surface area (Å²) in [6, 6.07) is 17.3. The molecule has 0 aliphatic carbocycles. The Morgan fingerprint density at radius 2 is 1.79 bits per heavy atom. The van der Waals surface area contributed by atoms with Crippen molar-refractivity contribution in [3.05, 3.63) is 54.6 Å². The summed E-state index contributed by atoms with van der Waals surface area (Å²) in [7, 11) is 1.63. The van der Waals surface area contributed by atoms with E-state index in [9.17, 15) is 9.59 Å². The third kappa shape index (κ3) is 6.38. The van der Waals surface area contributed by atoms with Crippen molar-refractivity contribution in [2.45, 2.75) is 19.4 Å². The summed E-state index contributed by atoms with van der Waals surface area (Å²) in [5.74, 6) is 0.209. The predicted octanol–water partition coefficient (Wildman–Crippen LogP) is 2.05. The largest absolute Gasteiger partial charge is 0.378 e. The van der Waals surface area contributed by atoms with Crippen molar-refractivity contribution in [3.63, 3.8) is 0 Å². The molecule has 1 aliphatic rings. The second kappa shape index (κ2) is 11.4. The smallest absolute Gasteiger partial charge is 0.243 e. The summed E-state index contributed by atoms with van der Waals surface area (Å²) in [5, 5.41) is 15.3. The number of likely N-dealkylation sites (N-methyl/N-ethyl adjacent to an activating group) is 1. The summed E-state index contributed by atoms with van der Waals surface area (Å²) >= 11 is 0. The monoisotopic (exact) mass is 463 g/mol. The molecule has 34 heavy (non-hydrogen) atoms. The maximum absolute atomic E-state index is 12.4. The minimum absolute atomic E-state index is 0.0101. The molecule has 0 atom stereocenters. The van der Waals surface area contributed by atoms with E-state index in [4.69, 9.17) is 4.74 Å². The number of morpholine rings is 1. The first-order chi connectivity index (χ1) is 16.6. The van der Waals surface area contributed by atoms with Crippen LogP contribution >= 0.6 is 0 Å². The van der Waals surface area contributed by atoms with Crippen LogP contribution in [0.15, 0.2) is 54.6 Å². The molecule has 10 nitrogen and oxygen atoms in total. The summed E-state index contributed by atoms with van der Waals surface area (Å²) < 4.78 is 5.38. The van der Waals surface area contributed by atoms with E-state index < -0.39 is 0 Å². The van der Waals surface area contributed by atoms with Gasteiger partial charge < -0.3 is 19.9 Å². The van der Waals surface area contributed by atoms with E-state index >= 15 is 0 Å². The van der Waals surface area contributed by atoms with Crippen molar-refractivity contribution in [1.29, 1.82) is 0 Å². The molecule has 4 rings (SSSR count). The lowest BCUT2D eigenvalue weighted by atomic mass is 10.2. The molecule has 1 fully saturated rings. The first kappa shape index (κ1) is 23.4. The SMILES string of the molecule is CN(CC(=O)Nc1ccc(N2CCOCC2)cc1)C(=O)CCCn1nnc(-c2ccccc2)n1. The van der Waals surface area contributed by atoms with Crippen molar-refractivity contribution in [2.75, 3.05) is 50.1 Å². The molecular weight excluding hydrogens is 434 g/mol. The summed E-state index contributed by atoms with van der Waals surface area (Å²) in [4.78, 5) is 30.0. The molecule has 1 aliphatic heterocycles. The Labute approximate surface area is 198 Å². The molecule has 2 aromatic carbocycles. The molecule has 1 saturated heterocycles. The van der Waals surface area contributed by atoms with Crippen molar-refractivity contribution in [1.82, 2.24) is 25.1 Å². The van der Waals surface area contributed by atoms with Gasteiger partial charge in [-0.2, -0.15) is 4.80 Å². The molecule has 0 bridgehead atoms. The second-order valence-corrected chi connectivity index (χ2v) is 8.12. The Hall–Kier alpha value is -3.79. The lowest BCUT2D eigenvalue weighted by Crippen LogP contribution is -2.36. The zero-order valence-corrected chi connectivity index (χ0v) is 19.3. The highest BCUT2D eigenvalue weighted by molar-refractivity contribution is 5.94. The third-order valence-corrected chi connectivity index (χ3v) is 5.57. The van der Waals surface area contributed by atoms with Crippen LogP contribution in [0.3, 0.4) is 0 Å². The molecule has 2 amide bonds. The third-order valence-electron chi connectivity index (χ3n) is 5.57. The zero-order chi connectivity index (χ0) is 23.8. The van der Waals surface area contributed by atoms with Crippen LogP contribution in [0.1, 0.15) is 12.8 Å². The maximum Gasteiger partial charge on any atom is 0.243 e. The lowest BCUT2D eigenvalue weighted by Gasteiger charge is -2.28. The van der Waals surface area contributed by atoms with Crippen LogP contribution in [0.2, 0.25) is 0 Å². The molecular formula is C24H29N7O3. The lowest BCUT2D eigenvalue weighted by molar-refractivity contribution is -0.133. The topological polar surface area (TPSA) is 105 Å². The Kier molecular flexibility index (Phi) is 7.82. The number of hydrogen-bond acceptors (Lipinski definition) is 7. The number of hydrogen-bond donors (Lipinski definition) is 1. The van der Waals surface area contributed by atoms with E-state index in [-0.39, 0.29) is 18.4 Å². The fourth-order valence-electron chi connectivity index (χ4n) is 3.68. The van der Waals surface area contributed by atoms with Crippen molar-refractivity contribution < 1.29 is 14.3 Å². The molecule has 10 heteroatoms. The number of aryl methyl sites for hydroxylation is 1. The number of anilines is 2. The number of carbonyl (C=O) groups is 2. The fourth-order valence-corrected chi connectivity index (χ4v) is 3.68. The van der Waals surface area contributed by atoms with Crippen LogP contribution in [0.5, 0.6) is 0 Å². The van der Waals surface area contributed by atoms with Gasteiger partial charge in [-0.25, -0.2) is 0 Å². The van der Waals surface area contributed by atoms with Gasteiger partial charge in [-0.15, -0.1) is 10.2 Å². The second-order valence-electron chi connectivity index (χ2n) is 8.12. The molecule has 3 aromatic rings. The van der Waals surface area contributed by atoms with E-state index in [0.717, 1.165) is 37.6 Å². The molecule has 1 aromatic heterocycles. The van der Waals surface area contributed by atoms with E-state index in [0.29, 0.717) is 30.9 Å². The standard InChI is InChI=1S/C24H29N7O3/c1-29(18-22(32)25-20-9-11-21(12-10-20)30-14-16-34-17-15-30)23(33)8-5-13-31-27-24(26-28-31)19-6-3-2-4-7-19/h2-4,6-7,9-12H,5,8,13-18H2,1H3,(H,25,32). The number of amides is 2. The minimum atomic E-state index is -0.236. The summed E-state index contributed by atoms with van der Waals surface area (Å²) in [6.45, 7) is 3.64. The zero-order valence-electron chi connectivity index (χ0n) is 19.3. The normalized spacial score (nSPS) is 13.5. The van der Waals surface area contributed by atoms with Crippen LogP contribution in [0.25, 0.3) is 11.4 Å². The van der Waals surface area contributed by atoms with Gasteiger partial charge in [-0.05, 0) is 35.9 Å². The van der Waals surface area contributed by atoms with Crippen LogP contribution in [-0.2, 0) is 20.9 Å². The number of nitrogens with zero attached hydrogens (tertiary/aromatic N) is 6. The van der Waals surface area contributed by atoms with Gasteiger partial charge in [0.2, 0.25) is 17.6 Å². The van der Waals surface area contributed by atoms with Crippen LogP contribution in [0, 0.1) is 0 Å². The predicted molar refractivity (Wildman–Crippen MR) is 128 cm³/mol. The van der Waals surface area contributed by atoms with E-state index in [1.165, 1.54) is 9.70 Å². The average molecular weight is 464 g/mol. The number of nitrogens with one attached hydrogen (secondary N) is 1. The van der Waals surface area contributed by atoms with Gasteiger partial charge >= 0.3 is 0 Å². The number of rotatable bonds is 9. The van der Waals surface area contributed by atoms with Crippen molar-refractivity contribution in [2.24, 2.45) is 0 Å². The van der Waals surface area contributed by atoms with Crippen LogP contribution in [0.4, 0.5) is 11.4 Å². The van der Waals surface area contributed by atoms with Gasteiger partial charge in [0.1, 0.15) is 0 Å². The van der Waals surface area contributed by atoms with Gasteiger partial charge in [-0.1, -0.05) is 30.3 Å². The highest BCUT2D eigenvalue weighted by atomic mass is 16.5. The molecule has 2 heterocycles. The van der Waals surface area contributed by atoms with E-state index in [1.54, 1.807) is 7.05 Å². The van der Waals surface area contributed by atoms with Crippen LogP contribution < -0.4 is 10.2 Å². The van der Waals surface area contributed by atoms with Gasteiger partial charge in [0.15, 0.2) is 0 Å². The summed E-state index contributed by atoms with van der Waals surface area (Å²) in [6.07, 6.45) is 0.846. The minimum Gasteiger partial charge on any atom is -0.378 e. The van der Waals surface area contributed by atoms with E-state index in [2.05, 4.69) is 25.6 Å². The molecule has 0 spiro atoms. The van der Waals surface area contributed by atoms with E-state index in [1.807, 2.05) is 54.6 Å². The quantitative estimate of drug-likeness (QED) is 0.518. The van der Waals surface area contributed by atoms with Gasteiger partial charge in [-0.3, -0.25) is 9.59 Å². The first-order valence-electron chi connectivity index (χ1n) is 11.4. The summed E-state index contributed by atoms with van der Waals surface area (Å²) in [5.41, 5.74) is 2.70. The maximum atomic E-state index is 12.4. The van der Waals surface area contributed by atoms with Gasteiger partial charge in [0.25, 0.3) is 0 Å². The van der Waals surface area contributed by atoms with Crippen molar-refractivity contribution >= 4 is 23.2 Å². The van der Waals surface area contributed by atoms with Crippen molar-refractivity contribution in [3.8, 4) is 11.4 Å². The fraction of sp³-hybridized carbons (Fsp3) is 0.375. The Morgan fingerprint density at radius 1 is 1.06 bits per heavy atom.